The van der Waals surface area contributed by atoms with E-state index in [1.807, 2.05) is 48.5 Å². The lowest BCUT2D eigenvalue weighted by atomic mass is 9.95. The number of fused-ring (bicyclic) bond motifs is 3. The number of benzene rings is 4. The predicted molar refractivity (Wildman–Crippen MR) is 153 cm³/mol. The van der Waals surface area contributed by atoms with E-state index >= 15 is 0 Å². The Bertz CT molecular complexity index is 1920. The van der Waals surface area contributed by atoms with Crippen LogP contribution < -0.4 is 14.9 Å². The average Bonchev–Trinajstić information content (AvgIpc) is 3.22. The van der Waals surface area contributed by atoms with Crippen LogP contribution in [-0.4, -0.2) is 17.1 Å². The lowest BCUT2D eigenvalue weighted by molar-refractivity contribution is -0.139. The monoisotopic (exact) mass is 538 g/mol. The molecule has 1 unspecified atom stereocenters. The van der Waals surface area contributed by atoms with Crippen molar-refractivity contribution in [1.82, 2.24) is 4.57 Å². The highest BCUT2D eigenvalue weighted by molar-refractivity contribution is 7.07. The molecule has 188 valence electrons. The number of ether oxygens (including phenoxy) is 1. The van der Waals surface area contributed by atoms with Gasteiger partial charge in [0.25, 0.3) is 5.56 Å². The molecule has 1 atom stereocenters. The van der Waals surface area contributed by atoms with Crippen LogP contribution in [0.25, 0.3) is 27.6 Å². The minimum atomic E-state index is -0.745. The smallest absolute Gasteiger partial charge is 0.338 e. The van der Waals surface area contributed by atoms with Crippen molar-refractivity contribution in [2.24, 2.45) is 4.99 Å². The van der Waals surface area contributed by atoms with Gasteiger partial charge in [0.15, 0.2) is 4.80 Å². The van der Waals surface area contributed by atoms with E-state index in [1.54, 1.807) is 24.5 Å². The molecule has 0 bridgehead atoms. The second-order valence-electron chi connectivity index (χ2n) is 9.06. The summed E-state index contributed by atoms with van der Waals surface area (Å²) in [6, 6.07) is 25.0. The maximum atomic E-state index is 14.1. The summed E-state index contributed by atoms with van der Waals surface area (Å²) in [7, 11) is 0. The molecule has 0 saturated heterocycles. The Morgan fingerprint density at radius 1 is 1.03 bits per heavy atom. The Balaban J connectivity index is 1.66. The second kappa shape index (κ2) is 9.71. The van der Waals surface area contributed by atoms with Gasteiger partial charge in [-0.25, -0.2) is 9.79 Å². The van der Waals surface area contributed by atoms with E-state index in [4.69, 9.17) is 16.3 Å². The summed E-state index contributed by atoms with van der Waals surface area (Å²) >= 11 is 7.92. The zero-order valence-electron chi connectivity index (χ0n) is 20.8. The third-order valence-electron chi connectivity index (χ3n) is 6.81. The molecule has 1 aromatic heterocycles. The first-order chi connectivity index (χ1) is 18.5. The van der Waals surface area contributed by atoms with Crippen molar-refractivity contribution in [1.29, 1.82) is 0 Å². The fourth-order valence-electron chi connectivity index (χ4n) is 5.12. The molecule has 5 nitrogen and oxygen atoms in total. The highest BCUT2D eigenvalue weighted by Crippen LogP contribution is 2.34. The fourth-order valence-corrected chi connectivity index (χ4v) is 6.39. The lowest BCUT2D eigenvalue weighted by Gasteiger charge is -2.25. The summed E-state index contributed by atoms with van der Waals surface area (Å²) in [6.07, 6.45) is 1.95. The topological polar surface area (TPSA) is 60.7 Å². The van der Waals surface area contributed by atoms with Crippen molar-refractivity contribution in [2.45, 2.75) is 19.9 Å². The molecule has 1 aliphatic rings. The average molecular weight is 539 g/mol. The Morgan fingerprint density at radius 3 is 2.32 bits per heavy atom. The van der Waals surface area contributed by atoms with Gasteiger partial charge in [0.2, 0.25) is 0 Å². The molecule has 0 amide bonds. The summed E-state index contributed by atoms with van der Waals surface area (Å²) in [5.74, 6) is -0.506. The normalized spacial score (nSPS) is 15.6. The molecule has 6 rings (SSSR count). The van der Waals surface area contributed by atoms with E-state index in [0.29, 0.717) is 31.2 Å². The molecule has 5 aromatic rings. The first kappa shape index (κ1) is 24.3. The zero-order chi connectivity index (χ0) is 26.4. The third kappa shape index (κ3) is 3.97. The fraction of sp³-hybridized carbons (Fsp3) is 0.129. The summed E-state index contributed by atoms with van der Waals surface area (Å²) < 4.78 is 7.48. The van der Waals surface area contributed by atoms with E-state index in [0.717, 1.165) is 27.1 Å². The van der Waals surface area contributed by atoms with Gasteiger partial charge in [-0.3, -0.25) is 9.36 Å². The van der Waals surface area contributed by atoms with Gasteiger partial charge in [-0.1, -0.05) is 89.7 Å². The molecule has 1 aliphatic heterocycles. The SMILES string of the molecule is CCOC(=O)C1=C(C)N=c2sc(=Cc3c4ccccc4cc4ccccc34)c(=O)n2C1c1ccccc1Cl. The van der Waals surface area contributed by atoms with Gasteiger partial charge in [-0.15, -0.1) is 0 Å². The van der Waals surface area contributed by atoms with Crippen LogP contribution >= 0.6 is 22.9 Å². The third-order valence-corrected chi connectivity index (χ3v) is 8.13. The van der Waals surface area contributed by atoms with E-state index in [9.17, 15) is 9.59 Å². The van der Waals surface area contributed by atoms with Crippen molar-refractivity contribution in [3.63, 3.8) is 0 Å². The molecule has 2 heterocycles. The quantitative estimate of drug-likeness (QED) is 0.216. The van der Waals surface area contributed by atoms with Gasteiger partial charge < -0.3 is 4.74 Å². The number of hydrogen-bond acceptors (Lipinski definition) is 5. The van der Waals surface area contributed by atoms with Gasteiger partial charge >= 0.3 is 5.97 Å². The molecule has 38 heavy (non-hydrogen) atoms. The number of carbonyl (C=O) groups is 1. The van der Waals surface area contributed by atoms with Gasteiger partial charge in [0, 0.05) is 5.02 Å². The van der Waals surface area contributed by atoms with Gasteiger partial charge in [-0.2, -0.15) is 0 Å². The van der Waals surface area contributed by atoms with Crippen LogP contribution in [0.2, 0.25) is 5.02 Å². The molecule has 0 radical (unpaired) electrons. The molecule has 0 aliphatic carbocycles. The van der Waals surface area contributed by atoms with Crippen LogP contribution in [0.1, 0.15) is 31.0 Å². The molecule has 0 N–H and O–H groups in total. The predicted octanol–water partition coefficient (Wildman–Crippen LogP) is 5.76. The number of rotatable bonds is 4. The highest BCUT2D eigenvalue weighted by atomic mass is 35.5. The van der Waals surface area contributed by atoms with Crippen molar-refractivity contribution >= 4 is 56.5 Å². The van der Waals surface area contributed by atoms with Crippen LogP contribution in [0, 0.1) is 0 Å². The van der Waals surface area contributed by atoms with Crippen LogP contribution in [-0.2, 0) is 9.53 Å². The van der Waals surface area contributed by atoms with Crippen molar-refractivity contribution in [3.8, 4) is 0 Å². The first-order valence-corrected chi connectivity index (χ1v) is 13.5. The maximum Gasteiger partial charge on any atom is 0.338 e. The number of thiazole rings is 1. The van der Waals surface area contributed by atoms with Crippen molar-refractivity contribution < 1.29 is 9.53 Å². The molecular formula is C31H23ClN2O3S. The molecule has 0 saturated carbocycles. The summed E-state index contributed by atoms with van der Waals surface area (Å²) in [5, 5.41) is 4.77. The molecule has 4 aromatic carbocycles. The Hall–Kier alpha value is -4.00. The first-order valence-electron chi connectivity index (χ1n) is 12.3. The number of carbonyl (C=O) groups excluding carboxylic acids is 1. The molecular weight excluding hydrogens is 516 g/mol. The number of allylic oxidation sites excluding steroid dienone is 1. The van der Waals surface area contributed by atoms with Gasteiger partial charge in [0.1, 0.15) is 6.04 Å². The minimum Gasteiger partial charge on any atom is -0.463 e. The lowest BCUT2D eigenvalue weighted by Crippen LogP contribution is -2.40. The van der Waals surface area contributed by atoms with Crippen molar-refractivity contribution in [2.75, 3.05) is 6.61 Å². The van der Waals surface area contributed by atoms with Gasteiger partial charge in [-0.05, 0) is 64.7 Å². The van der Waals surface area contributed by atoms with Crippen LogP contribution in [0.15, 0.2) is 99.9 Å². The Morgan fingerprint density at radius 2 is 1.66 bits per heavy atom. The second-order valence-corrected chi connectivity index (χ2v) is 10.5. The van der Waals surface area contributed by atoms with Crippen molar-refractivity contribution in [3.05, 3.63) is 126 Å². The van der Waals surface area contributed by atoms with Gasteiger partial charge in [0.05, 0.1) is 22.4 Å². The standard InChI is InChI=1S/C31H23ClN2O3S/c1-3-37-30(36)27-18(2)33-31-34(28(27)23-14-8-9-15-25(23)32)29(35)26(38-31)17-24-21-12-6-4-10-19(21)16-20-11-5-7-13-22(20)24/h4-17,28H,3H2,1-2H3. The summed E-state index contributed by atoms with van der Waals surface area (Å²) in [4.78, 5) is 32.4. The minimum absolute atomic E-state index is 0.212. The number of nitrogens with zero attached hydrogens (tertiary/aromatic N) is 2. The highest BCUT2D eigenvalue weighted by Gasteiger charge is 2.34. The Labute approximate surface area is 227 Å². The number of aromatic nitrogens is 1. The largest absolute Gasteiger partial charge is 0.463 e. The van der Waals surface area contributed by atoms with E-state index in [-0.39, 0.29) is 12.2 Å². The zero-order valence-corrected chi connectivity index (χ0v) is 22.3. The number of halogens is 1. The Kier molecular flexibility index (Phi) is 6.22. The summed E-state index contributed by atoms with van der Waals surface area (Å²) in [6.45, 7) is 3.73. The molecule has 7 heteroatoms. The van der Waals surface area contributed by atoms with E-state index in [2.05, 4.69) is 35.3 Å². The van der Waals surface area contributed by atoms with E-state index in [1.165, 1.54) is 11.3 Å². The van der Waals surface area contributed by atoms with Crippen LogP contribution in [0.4, 0.5) is 0 Å². The molecule has 0 spiro atoms. The molecule has 0 fully saturated rings. The number of hydrogen-bond donors (Lipinski definition) is 0. The number of esters is 1. The summed E-state index contributed by atoms with van der Waals surface area (Å²) in [5.41, 5.74) is 2.21. The van der Waals surface area contributed by atoms with Crippen LogP contribution in [0.5, 0.6) is 0 Å². The van der Waals surface area contributed by atoms with Crippen LogP contribution in [0.3, 0.4) is 0 Å². The van der Waals surface area contributed by atoms with E-state index < -0.39 is 12.0 Å². The maximum absolute atomic E-state index is 14.1.